The van der Waals surface area contributed by atoms with Gasteiger partial charge in [0.25, 0.3) is 0 Å². The number of rotatable bonds is 3. The average molecular weight is 161 g/mol. The van der Waals surface area contributed by atoms with Crippen molar-refractivity contribution in [2.75, 3.05) is 13.7 Å². The Morgan fingerprint density at radius 3 is 2.55 bits per heavy atom. The number of nitrogens with one attached hydrogen (secondary N) is 1. The molecule has 0 saturated carbocycles. The Morgan fingerprint density at radius 1 is 1.64 bits per heavy atom. The molecule has 1 amide bonds. The molecule has 1 unspecified atom stereocenters. The Morgan fingerprint density at radius 2 is 2.18 bits per heavy atom. The van der Waals surface area contributed by atoms with Gasteiger partial charge in [0.05, 0.1) is 7.11 Å². The number of hydrogen-bond donors (Lipinski definition) is 2. The summed E-state index contributed by atoms with van der Waals surface area (Å²) in [5, 5.41) is 10.8. The number of esters is 1. The van der Waals surface area contributed by atoms with Crippen LogP contribution in [-0.4, -0.2) is 36.7 Å². The van der Waals surface area contributed by atoms with Crippen molar-refractivity contribution in [2.24, 2.45) is 0 Å². The highest BCUT2D eigenvalue weighted by atomic mass is 16.5. The minimum atomic E-state index is -1.10. The molecule has 0 aromatic carbocycles. The molecule has 0 spiro atoms. The number of methoxy groups -OCH3 is 1. The molecule has 64 valence electrons. The normalized spacial score (nSPS) is 11.9. The Balaban J connectivity index is 3.54. The van der Waals surface area contributed by atoms with Gasteiger partial charge >= 0.3 is 5.97 Å². The van der Waals surface area contributed by atoms with Gasteiger partial charge in [0.2, 0.25) is 5.91 Å². The zero-order valence-corrected chi connectivity index (χ0v) is 6.46. The summed E-state index contributed by atoms with van der Waals surface area (Å²) >= 11 is 0. The molecule has 5 heteroatoms. The van der Waals surface area contributed by atoms with Crippen LogP contribution in [0, 0.1) is 0 Å². The summed E-state index contributed by atoms with van der Waals surface area (Å²) in [7, 11) is 1.22. The summed E-state index contributed by atoms with van der Waals surface area (Å²) in [4.78, 5) is 21.0. The number of carbonyl (C=O) groups excluding carboxylic acids is 2. The van der Waals surface area contributed by atoms with E-state index in [2.05, 4.69) is 10.1 Å². The summed E-state index contributed by atoms with van der Waals surface area (Å²) in [6.07, 6.45) is -1.10. The lowest BCUT2D eigenvalue weighted by Gasteiger charge is -2.04. The Hall–Kier alpha value is -1.10. The van der Waals surface area contributed by atoms with E-state index < -0.39 is 18.0 Å². The van der Waals surface area contributed by atoms with Crippen LogP contribution in [0.25, 0.3) is 0 Å². The molecule has 0 aliphatic carbocycles. The van der Waals surface area contributed by atoms with Crippen LogP contribution in [0.15, 0.2) is 0 Å². The lowest BCUT2D eigenvalue weighted by molar-refractivity contribution is -0.142. The third-order valence-electron chi connectivity index (χ3n) is 1.01. The second-order valence-electron chi connectivity index (χ2n) is 1.97. The predicted molar refractivity (Wildman–Crippen MR) is 36.7 cm³/mol. The number of aliphatic hydroxyl groups excluding tert-OH is 1. The van der Waals surface area contributed by atoms with Gasteiger partial charge in [-0.1, -0.05) is 0 Å². The van der Waals surface area contributed by atoms with Crippen LogP contribution in [0.2, 0.25) is 0 Å². The third kappa shape index (κ3) is 4.32. The largest absolute Gasteiger partial charge is 0.468 e. The molecule has 11 heavy (non-hydrogen) atoms. The maximum atomic E-state index is 10.6. The van der Waals surface area contributed by atoms with Gasteiger partial charge in [0.15, 0.2) is 0 Å². The molecule has 0 aromatic rings. The fourth-order valence-electron chi connectivity index (χ4n) is 0.379. The van der Waals surface area contributed by atoms with Crippen molar-refractivity contribution in [1.82, 2.24) is 5.32 Å². The molecule has 0 aliphatic rings. The first kappa shape index (κ1) is 9.90. The van der Waals surface area contributed by atoms with Crippen molar-refractivity contribution >= 4 is 11.9 Å². The molecule has 0 radical (unpaired) electrons. The van der Waals surface area contributed by atoms with E-state index in [1.54, 1.807) is 0 Å². The summed E-state index contributed by atoms with van der Waals surface area (Å²) in [5.74, 6) is -1.13. The zero-order chi connectivity index (χ0) is 8.85. The smallest absolute Gasteiger partial charge is 0.325 e. The summed E-state index contributed by atoms with van der Waals surface area (Å²) < 4.78 is 4.25. The molecule has 0 aliphatic heterocycles. The molecular weight excluding hydrogens is 150 g/mol. The van der Waals surface area contributed by atoms with E-state index in [-0.39, 0.29) is 6.54 Å². The topological polar surface area (TPSA) is 75.6 Å². The van der Waals surface area contributed by atoms with Gasteiger partial charge in [-0.15, -0.1) is 0 Å². The first-order chi connectivity index (χ1) is 5.07. The fraction of sp³-hybridized carbons (Fsp3) is 0.667. The van der Waals surface area contributed by atoms with E-state index >= 15 is 0 Å². The van der Waals surface area contributed by atoms with Crippen LogP contribution >= 0.6 is 0 Å². The maximum absolute atomic E-state index is 10.6. The van der Waals surface area contributed by atoms with Crippen LogP contribution in [0.5, 0.6) is 0 Å². The molecule has 0 saturated heterocycles. The first-order valence-corrected chi connectivity index (χ1v) is 3.10. The number of ether oxygens (including phenoxy) is 1. The predicted octanol–water partition coefficient (Wildman–Crippen LogP) is -1.34. The fourth-order valence-corrected chi connectivity index (χ4v) is 0.379. The summed E-state index contributed by atoms with van der Waals surface area (Å²) in [5.41, 5.74) is 0. The van der Waals surface area contributed by atoms with E-state index in [1.165, 1.54) is 14.0 Å². The van der Waals surface area contributed by atoms with Gasteiger partial charge in [-0.3, -0.25) is 9.59 Å². The monoisotopic (exact) mass is 161 g/mol. The lowest BCUT2D eigenvalue weighted by Crippen LogP contribution is -2.36. The van der Waals surface area contributed by atoms with Crippen LogP contribution < -0.4 is 5.32 Å². The standard InChI is InChI=1S/C6H11NO4/c1-4(8)6(10)7-3-5(9)11-2/h4,8H,3H2,1-2H3,(H,7,10). The Bertz CT molecular complexity index is 155. The highest BCUT2D eigenvalue weighted by Gasteiger charge is 2.09. The number of hydrogen-bond acceptors (Lipinski definition) is 4. The molecule has 0 aromatic heterocycles. The van der Waals surface area contributed by atoms with Gasteiger partial charge in [0.1, 0.15) is 12.6 Å². The van der Waals surface area contributed by atoms with Crippen molar-refractivity contribution < 1.29 is 19.4 Å². The van der Waals surface area contributed by atoms with Gasteiger partial charge in [-0.25, -0.2) is 0 Å². The van der Waals surface area contributed by atoms with E-state index in [9.17, 15) is 9.59 Å². The molecule has 0 heterocycles. The second-order valence-corrected chi connectivity index (χ2v) is 1.97. The van der Waals surface area contributed by atoms with Crippen molar-refractivity contribution in [3.63, 3.8) is 0 Å². The SMILES string of the molecule is COC(=O)CNC(=O)C(C)O. The van der Waals surface area contributed by atoms with Gasteiger partial charge in [-0.2, -0.15) is 0 Å². The Labute approximate surface area is 64.3 Å². The molecule has 0 bridgehead atoms. The van der Waals surface area contributed by atoms with E-state index in [0.29, 0.717) is 0 Å². The van der Waals surface area contributed by atoms with Crippen molar-refractivity contribution in [2.45, 2.75) is 13.0 Å². The minimum absolute atomic E-state index is 0.208. The number of amides is 1. The van der Waals surface area contributed by atoms with Crippen LogP contribution in [-0.2, 0) is 14.3 Å². The van der Waals surface area contributed by atoms with Crippen LogP contribution in [0.4, 0.5) is 0 Å². The molecule has 5 nitrogen and oxygen atoms in total. The van der Waals surface area contributed by atoms with Crippen LogP contribution in [0.1, 0.15) is 6.92 Å². The van der Waals surface area contributed by atoms with Gasteiger partial charge in [0, 0.05) is 0 Å². The van der Waals surface area contributed by atoms with E-state index in [4.69, 9.17) is 5.11 Å². The molecule has 0 rings (SSSR count). The quantitative estimate of drug-likeness (QED) is 0.502. The summed E-state index contributed by atoms with van der Waals surface area (Å²) in [6, 6.07) is 0. The minimum Gasteiger partial charge on any atom is -0.468 e. The van der Waals surface area contributed by atoms with Crippen molar-refractivity contribution in [1.29, 1.82) is 0 Å². The molecule has 0 fully saturated rings. The second kappa shape index (κ2) is 4.68. The highest BCUT2D eigenvalue weighted by Crippen LogP contribution is 1.78. The number of aliphatic hydroxyl groups is 1. The van der Waals surface area contributed by atoms with Crippen LogP contribution in [0.3, 0.4) is 0 Å². The molecular formula is C6H11NO4. The third-order valence-corrected chi connectivity index (χ3v) is 1.01. The summed E-state index contributed by atoms with van der Waals surface area (Å²) in [6.45, 7) is 1.10. The first-order valence-electron chi connectivity index (χ1n) is 3.10. The Kier molecular flexibility index (Phi) is 4.21. The zero-order valence-electron chi connectivity index (χ0n) is 6.46. The molecule has 2 N–H and O–H groups in total. The van der Waals surface area contributed by atoms with Crippen molar-refractivity contribution in [3.05, 3.63) is 0 Å². The van der Waals surface area contributed by atoms with Gasteiger partial charge in [-0.05, 0) is 6.92 Å². The average Bonchev–Trinajstić information content (AvgIpc) is 1.99. The number of carbonyl (C=O) groups is 2. The van der Waals surface area contributed by atoms with Crippen molar-refractivity contribution in [3.8, 4) is 0 Å². The van der Waals surface area contributed by atoms with Gasteiger partial charge < -0.3 is 15.2 Å². The highest BCUT2D eigenvalue weighted by molar-refractivity contribution is 5.84. The lowest BCUT2D eigenvalue weighted by atomic mass is 10.4. The maximum Gasteiger partial charge on any atom is 0.325 e. The van der Waals surface area contributed by atoms with E-state index in [0.717, 1.165) is 0 Å². The van der Waals surface area contributed by atoms with E-state index in [1.807, 2.05) is 0 Å². The molecule has 1 atom stereocenters.